The summed E-state index contributed by atoms with van der Waals surface area (Å²) in [7, 11) is 0. The molecule has 2 heterocycles. The number of rotatable bonds is 2. The Bertz CT molecular complexity index is 315. The molecule has 2 N–H and O–H groups in total. The summed E-state index contributed by atoms with van der Waals surface area (Å²) in [5.41, 5.74) is 6.89. The number of nitrogens with zero attached hydrogens (tertiary/aromatic N) is 2. The van der Waals surface area contributed by atoms with Crippen molar-refractivity contribution in [3.8, 4) is 0 Å². The first-order valence-corrected chi connectivity index (χ1v) is 5.00. The first-order valence-electron chi connectivity index (χ1n) is 5.00. The average Bonchev–Trinajstić information content (AvgIpc) is 2.80. The number of ether oxygens (including phenoxy) is 1. The largest absolute Gasteiger partial charge is 0.472 e. The molecule has 15 heavy (non-hydrogen) atoms. The number of aliphatic imine (C=N–C) groups is 1. The summed E-state index contributed by atoms with van der Waals surface area (Å²) < 4.78 is 10.2. The van der Waals surface area contributed by atoms with E-state index in [0.717, 1.165) is 31.9 Å². The highest BCUT2D eigenvalue weighted by Gasteiger charge is 2.11. The van der Waals surface area contributed by atoms with Gasteiger partial charge in [0.05, 0.1) is 32.3 Å². The fourth-order valence-electron chi connectivity index (χ4n) is 1.45. The van der Waals surface area contributed by atoms with Gasteiger partial charge < -0.3 is 19.8 Å². The average molecular weight is 209 g/mol. The molecule has 0 saturated carbocycles. The Labute approximate surface area is 88.5 Å². The van der Waals surface area contributed by atoms with Gasteiger partial charge in [0.2, 0.25) is 0 Å². The van der Waals surface area contributed by atoms with E-state index in [1.807, 2.05) is 11.0 Å². The molecule has 1 aromatic rings. The van der Waals surface area contributed by atoms with Gasteiger partial charge in [-0.2, -0.15) is 0 Å². The van der Waals surface area contributed by atoms with E-state index < -0.39 is 0 Å². The molecule has 1 aliphatic heterocycles. The van der Waals surface area contributed by atoms with Crippen molar-refractivity contribution in [1.82, 2.24) is 4.90 Å². The second-order valence-electron chi connectivity index (χ2n) is 3.41. The van der Waals surface area contributed by atoms with Gasteiger partial charge in [0, 0.05) is 18.7 Å². The maximum atomic E-state index is 5.85. The Morgan fingerprint density at radius 1 is 1.47 bits per heavy atom. The molecule has 1 aromatic heterocycles. The summed E-state index contributed by atoms with van der Waals surface area (Å²) in [5, 5.41) is 0. The number of morpholine rings is 1. The van der Waals surface area contributed by atoms with E-state index in [1.54, 1.807) is 12.5 Å². The molecule has 5 nitrogen and oxygen atoms in total. The second kappa shape index (κ2) is 4.84. The Morgan fingerprint density at radius 2 is 2.27 bits per heavy atom. The van der Waals surface area contributed by atoms with Crippen molar-refractivity contribution in [2.75, 3.05) is 26.3 Å². The first kappa shape index (κ1) is 10.0. The maximum Gasteiger partial charge on any atom is 0.191 e. The maximum absolute atomic E-state index is 5.85. The molecule has 82 valence electrons. The third-order valence-electron chi connectivity index (χ3n) is 2.34. The SMILES string of the molecule is NC(=NCc1ccoc1)N1CCOCC1. The lowest BCUT2D eigenvalue weighted by Gasteiger charge is -2.27. The molecule has 0 unspecified atom stereocenters. The Hall–Kier alpha value is -1.49. The van der Waals surface area contributed by atoms with Crippen molar-refractivity contribution in [1.29, 1.82) is 0 Å². The van der Waals surface area contributed by atoms with Gasteiger partial charge in [0.1, 0.15) is 0 Å². The van der Waals surface area contributed by atoms with Crippen molar-refractivity contribution in [3.63, 3.8) is 0 Å². The number of nitrogens with two attached hydrogens (primary N) is 1. The summed E-state index contributed by atoms with van der Waals surface area (Å²) in [5.74, 6) is 0.583. The lowest BCUT2D eigenvalue weighted by molar-refractivity contribution is 0.0674. The van der Waals surface area contributed by atoms with Gasteiger partial charge >= 0.3 is 0 Å². The molecule has 2 rings (SSSR count). The van der Waals surface area contributed by atoms with Crippen LogP contribution in [0.25, 0.3) is 0 Å². The van der Waals surface area contributed by atoms with Gasteiger partial charge in [-0.1, -0.05) is 0 Å². The van der Waals surface area contributed by atoms with Crippen molar-refractivity contribution in [2.45, 2.75) is 6.54 Å². The van der Waals surface area contributed by atoms with E-state index in [-0.39, 0.29) is 0 Å². The van der Waals surface area contributed by atoms with Crippen molar-refractivity contribution in [2.24, 2.45) is 10.7 Å². The number of hydrogen-bond donors (Lipinski definition) is 1. The van der Waals surface area contributed by atoms with Crippen LogP contribution in [0.4, 0.5) is 0 Å². The third kappa shape index (κ3) is 2.73. The van der Waals surface area contributed by atoms with Crippen LogP contribution in [0.5, 0.6) is 0 Å². The predicted octanol–water partition coefficient (Wildman–Crippen LogP) is 0.426. The van der Waals surface area contributed by atoms with Gasteiger partial charge in [0.25, 0.3) is 0 Å². The molecule has 0 amide bonds. The predicted molar refractivity (Wildman–Crippen MR) is 56.4 cm³/mol. The molecule has 5 heteroatoms. The van der Waals surface area contributed by atoms with E-state index in [4.69, 9.17) is 14.9 Å². The van der Waals surface area contributed by atoms with E-state index in [1.165, 1.54) is 0 Å². The van der Waals surface area contributed by atoms with Crippen LogP contribution in [0, 0.1) is 0 Å². The lowest BCUT2D eigenvalue weighted by atomic mass is 10.3. The zero-order valence-corrected chi connectivity index (χ0v) is 8.56. The number of guanidine groups is 1. The molecule has 0 radical (unpaired) electrons. The zero-order chi connectivity index (χ0) is 10.5. The van der Waals surface area contributed by atoms with Gasteiger partial charge in [-0.15, -0.1) is 0 Å². The summed E-state index contributed by atoms with van der Waals surface area (Å²) in [4.78, 5) is 6.33. The van der Waals surface area contributed by atoms with Gasteiger partial charge in [-0.25, -0.2) is 4.99 Å². The zero-order valence-electron chi connectivity index (χ0n) is 8.56. The Kier molecular flexibility index (Phi) is 3.24. The highest BCUT2D eigenvalue weighted by atomic mass is 16.5. The van der Waals surface area contributed by atoms with E-state index in [2.05, 4.69) is 4.99 Å². The van der Waals surface area contributed by atoms with Crippen molar-refractivity contribution < 1.29 is 9.15 Å². The van der Waals surface area contributed by atoms with Crippen LogP contribution in [-0.2, 0) is 11.3 Å². The van der Waals surface area contributed by atoms with Crippen LogP contribution in [0.3, 0.4) is 0 Å². The molecule has 0 atom stereocenters. The first-order chi connectivity index (χ1) is 7.36. The number of hydrogen-bond acceptors (Lipinski definition) is 3. The summed E-state index contributed by atoms with van der Waals surface area (Å²) in [6.07, 6.45) is 3.31. The quantitative estimate of drug-likeness (QED) is 0.566. The standard InChI is InChI=1S/C10H15N3O2/c11-10(13-2-5-14-6-3-13)12-7-9-1-4-15-8-9/h1,4,8H,2-3,5-7H2,(H2,11,12). The summed E-state index contributed by atoms with van der Waals surface area (Å²) >= 11 is 0. The highest BCUT2D eigenvalue weighted by Crippen LogP contribution is 2.02. The van der Waals surface area contributed by atoms with E-state index >= 15 is 0 Å². The minimum Gasteiger partial charge on any atom is -0.472 e. The normalized spacial score (nSPS) is 18.1. The minimum atomic E-state index is 0.569. The van der Waals surface area contributed by atoms with Crippen molar-refractivity contribution in [3.05, 3.63) is 24.2 Å². The molecular weight excluding hydrogens is 194 g/mol. The van der Waals surface area contributed by atoms with Gasteiger partial charge in [-0.05, 0) is 6.07 Å². The minimum absolute atomic E-state index is 0.569. The number of furan rings is 1. The fraction of sp³-hybridized carbons (Fsp3) is 0.500. The van der Waals surface area contributed by atoms with Crippen LogP contribution in [-0.4, -0.2) is 37.2 Å². The van der Waals surface area contributed by atoms with Crippen LogP contribution < -0.4 is 5.73 Å². The topological polar surface area (TPSA) is 64.0 Å². The molecule has 0 spiro atoms. The molecule has 0 aliphatic carbocycles. The molecule has 0 bridgehead atoms. The van der Waals surface area contributed by atoms with Crippen molar-refractivity contribution >= 4 is 5.96 Å². The molecule has 1 fully saturated rings. The van der Waals surface area contributed by atoms with Crippen LogP contribution in [0.1, 0.15) is 5.56 Å². The Balaban J connectivity index is 1.88. The van der Waals surface area contributed by atoms with Crippen LogP contribution in [0.2, 0.25) is 0 Å². The van der Waals surface area contributed by atoms with Gasteiger partial charge in [-0.3, -0.25) is 0 Å². The highest BCUT2D eigenvalue weighted by molar-refractivity contribution is 5.78. The summed E-state index contributed by atoms with van der Waals surface area (Å²) in [6.45, 7) is 3.66. The molecule has 1 aliphatic rings. The third-order valence-corrected chi connectivity index (χ3v) is 2.34. The van der Waals surface area contributed by atoms with E-state index in [9.17, 15) is 0 Å². The molecule has 1 saturated heterocycles. The van der Waals surface area contributed by atoms with Crippen LogP contribution in [0.15, 0.2) is 28.0 Å². The molecular formula is C10H15N3O2. The molecule has 0 aromatic carbocycles. The monoisotopic (exact) mass is 209 g/mol. The fourth-order valence-corrected chi connectivity index (χ4v) is 1.45. The Morgan fingerprint density at radius 3 is 2.93 bits per heavy atom. The second-order valence-corrected chi connectivity index (χ2v) is 3.41. The van der Waals surface area contributed by atoms with Crippen LogP contribution >= 0.6 is 0 Å². The van der Waals surface area contributed by atoms with E-state index in [0.29, 0.717) is 12.5 Å². The smallest absolute Gasteiger partial charge is 0.191 e. The lowest BCUT2D eigenvalue weighted by Crippen LogP contribution is -2.44. The van der Waals surface area contributed by atoms with Gasteiger partial charge in [0.15, 0.2) is 5.96 Å². The summed E-state index contributed by atoms with van der Waals surface area (Å²) in [6, 6.07) is 1.89.